The Morgan fingerprint density at radius 2 is 1.50 bits per heavy atom. The summed E-state index contributed by atoms with van der Waals surface area (Å²) in [6, 6.07) is 26.3. The third-order valence-corrected chi connectivity index (χ3v) is 5.15. The maximum atomic E-state index is 12.9. The second-order valence-electron chi connectivity index (χ2n) is 7.40. The Labute approximate surface area is 186 Å². The minimum atomic E-state index is -0.310. The van der Waals surface area contributed by atoms with E-state index < -0.39 is 0 Å². The van der Waals surface area contributed by atoms with Crippen LogP contribution in [0, 0.1) is 0 Å². The van der Waals surface area contributed by atoms with Gasteiger partial charge in [-0.05, 0) is 36.6 Å². The van der Waals surface area contributed by atoms with Crippen LogP contribution in [0.1, 0.15) is 22.5 Å². The van der Waals surface area contributed by atoms with E-state index in [0.29, 0.717) is 42.6 Å². The number of ether oxygens (including phenoxy) is 1. The average Bonchev–Trinajstić information content (AvgIpc) is 2.85. The van der Waals surface area contributed by atoms with Crippen LogP contribution in [0.15, 0.2) is 89.7 Å². The number of carbonyl (C=O) groups excluding carboxylic acids is 1. The summed E-state index contributed by atoms with van der Waals surface area (Å²) in [6.45, 7) is 1.67. The summed E-state index contributed by atoms with van der Waals surface area (Å²) in [6.07, 6.45) is 1.56. The van der Waals surface area contributed by atoms with Crippen LogP contribution in [0.25, 0.3) is 16.5 Å². The minimum Gasteiger partial charge on any atom is -0.381 e. The number of carbonyl (C=O) groups is 1. The summed E-state index contributed by atoms with van der Waals surface area (Å²) in [7, 11) is 0. The van der Waals surface area contributed by atoms with Gasteiger partial charge in [0.05, 0.1) is 17.7 Å². The Balaban J connectivity index is 1.39. The average molecular weight is 428 g/mol. The Morgan fingerprint density at radius 1 is 0.844 bits per heavy atom. The summed E-state index contributed by atoms with van der Waals surface area (Å²) in [5.74, 6) is -0.310. The fourth-order valence-electron chi connectivity index (χ4n) is 3.50. The third kappa shape index (κ3) is 5.10. The standard InChI is InChI=1S/C26H25N3O3/c30-25(27-17-9-18-32-19-16-20-10-3-1-4-11-20)24-22-14-7-8-15-23(22)26(31)29(28-24)21-12-5-2-6-13-21/h1-8,10-15H,9,16-19H2,(H,27,30). The van der Waals surface area contributed by atoms with Crippen LogP contribution in [-0.4, -0.2) is 35.4 Å². The van der Waals surface area contributed by atoms with E-state index >= 15 is 0 Å². The SMILES string of the molecule is O=C(NCCCOCCc1ccccc1)c1nn(-c2ccccc2)c(=O)c2ccccc12. The Kier molecular flexibility index (Phi) is 7.05. The fraction of sp³-hybridized carbons (Fsp3) is 0.192. The lowest BCUT2D eigenvalue weighted by Gasteiger charge is -2.11. The summed E-state index contributed by atoms with van der Waals surface area (Å²) in [5, 5.41) is 8.30. The van der Waals surface area contributed by atoms with Crippen molar-refractivity contribution in [2.24, 2.45) is 0 Å². The number of nitrogens with one attached hydrogen (secondary N) is 1. The fourth-order valence-corrected chi connectivity index (χ4v) is 3.50. The van der Waals surface area contributed by atoms with Gasteiger partial charge >= 0.3 is 0 Å². The zero-order valence-corrected chi connectivity index (χ0v) is 17.7. The van der Waals surface area contributed by atoms with Gasteiger partial charge in [-0.15, -0.1) is 0 Å². The van der Waals surface area contributed by atoms with Gasteiger partial charge in [0, 0.05) is 18.5 Å². The maximum absolute atomic E-state index is 12.9. The highest BCUT2D eigenvalue weighted by molar-refractivity contribution is 6.04. The number of fused-ring (bicyclic) bond motifs is 1. The lowest BCUT2D eigenvalue weighted by molar-refractivity contribution is 0.0937. The molecule has 0 fully saturated rings. The second kappa shape index (κ2) is 10.5. The van der Waals surface area contributed by atoms with Gasteiger partial charge in [0.25, 0.3) is 11.5 Å². The van der Waals surface area contributed by atoms with Gasteiger partial charge in [0.15, 0.2) is 5.69 Å². The molecule has 1 N–H and O–H groups in total. The summed E-state index contributed by atoms with van der Waals surface area (Å²) < 4.78 is 6.96. The summed E-state index contributed by atoms with van der Waals surface area (Å²) >= 11 is 0. The van der Waals surface area contributed by atoms with Gasteiger partial charge in [-0.1, -0.05) is 66.7 Å². The lowest BCUT2D eigenvalue weighted by Crippen LogP contribution is -2.31. The van der Waals surface area contributed by atoms with Crippen molar-refractivity contribution in [3.05, 3.63) is 107 Å². The van der Waals surface area contributed by atoms with Crippen molar-refractivity contribution in [2.75, 3.05) is 19.8 Å². The molecule has 0 bridgehead atoms. The zero-order chi connectivity index (χ0) is 22.2. The monoisotopic (exact) mass is 427 g/mol. The molecule has 1 heterocycles. The van der Waals surface area contributed by atoms with Crippen molar-refractivity contribution in [2.45, 2.75) is 12.8 Å². The predicted molar refractivity (Wildman–Crippen MR) is 125 cm³/mol. The Hall–Kier alpha value is -3.77. The second-order valence-corrected chi connectivity index (χ2v) is 7.40. The van der Waals surface area contributed by atoms with Gasteiger partial charge in [-0.3, -0.25) is 9.59 Å². The van der Waals surface area contributed by atoms with Gasteiger partial charge in [0.1, 0.15) is 0 Å². The van der Waals surface area contributed by atoms with Gasteiger partial charge in [-0.2, -0.15) is 9.78 Å². The molecule has 4 aromatic rings. The van der Waals surface area contributed by atoms with Crippen LogP contribution in [0.2, 0.25) is 0 Å². The van der Waals surface area contributed by atoms with E-state index in [-0.39, 0.29) is 17.2 Å². The molecule has 1 amide bonds. The van der Waals surface area contributed by atoms with Crippen LogP contribution < -0.4 is 10.9 Å². The molecule has 3 aromatic carbocycles. The smallest absolute Gasteiger partial charge is 0.279 e. The highest BCUT2D eigenvalue weighted by atomic mass is 16.5. The molecule has 6 heteroatoms. The van der Waals surface area contributed by atoms with Crippen molar-refractivity contribution >= 4 is 16.7 Å². The van der Waals surface area contributed by atoms with E-state index in [1.807, 2.05) is 36.4 Å². The van der Waals surface area contributed by atoms with Crippen molar-refractivity contribution in [3.63, 3.8) is 0 Å². The van der Waals surface area contributed by atoms with E-state index in [1.54, 1.807) is 36.4 Å². The largest absolute Gasteiger partial charge is 0.381 e. The van der Waals surface area contributed by atoms with Crippen molar-refractivity contribution < 1.29 is 9.53 Å². The Morgan fingerprint density at radius 3 is 2.25 bits per heavy atom. The van der Waals surface area contributed by atoms with Crippen LogP contribution in [0.3, 0.4) is 0 Å². The molecule has 0 unspecified atom stereocenters. The number of hydrogen-bond acceptors (Lipinski definition) is 4. The maximum Gasteiger partial charge on any atom is 0.279 e. The quantitative estimate of drug-likeness (QED) is 0.413. The molecule has 1 aromatic heterocycles. The zero-order valence-electron chi connectivity index (χ0n) is 17.7. The number of rotatable bonds is 9. The van der Waals surface area contributed by atoms with E-state index in [4.69, 9.17) is 4.74 Å². The van der Waals surface area contributed by atoms with Crippen LogP contribution in [0.4, 0.5) is 0 Å². The van der Waals surface area contributed by atoms with Crippen LogP contribution >= 0.6 is 0 Å². The number of benzene rings is 3. The first kappa shape index (κ1) is 21.5. The molecule has 32 heavy (non-hydrogen) atoms. The first-order valence-corrected chi connectivity index (χ1v) is 10.7. The molecule has 4 rings (SSSR count). The molecular formula is C26H25N3O3. The third-order valence-electron chi connectivity index (χ3n) is 5.15. The number of nitrogens with zero attached hydrogens (tertiary/aromatic N) is 2. The van der Waals surface area contributed by atoms with Crippen molar-refractivity contribution in [1.82, 2.24) is 15.1 Å². The van der Waals surface area contributed by atoms with E-state index in [9.17, 15) is 9.59 Å². The van der Waals surface area contributed by atoms with Gasteiger partial charge in [0.2, 0.25) is 0 Å². The molecular weight excluding hydrogens is 402 g/mol. The highest BCUT2D eigenvalue weighted by Crippen LogP contribution is 2.15. The number of hydrogen-bond donors (Lipinski definition) is 1. The molecule has 6 nitrogen and oxygen atoms in total. The predicted octanol–water partition coefficient (Wildman–Crippen LogP) is 3.76. The lowest BCUT2D eigenvalue weighted by atomic mass is 10.1. The Bertz CT molecular complexity index is 1240. The van der Waals surface area contributed by atoms with E-state index in [1.165, 1.54) is 10.2 Å². The van der Waals surface area contributed by atoms with Crippen LogP contribution in [0.5, 0.6) is 0 Å². The summed E-state index contributed by atoms with van der Waals surface area (Å²) in [5.41, 5.74) is 1.83. The van der Waals surface area contributed by atoms with Crippen molar-refractivity contribution in [3.8, 4) is 5.69 Å². The molecule has 162 valence electrons. The van der Waals surface area contributed by atoms with Crippen molar-refractivity contribution in [1.29, 1.82) is 0 Å². The summed E-state index contributed by atoms with van der Waals surface area (Å²) in [4.78, 5) is 25.8. The van der Waals surface area contributed by atoms with E-state index in [0.717, 1.165) is 6.42 Å². The molecule has 0 aliphatic carbocycles. The molecule has 0 saturated heterocycles. The normalized spacial score (nSPS) is 10.9. The minimum absolute atomic E-state index is 0.231. The molecule has 0 radical (unpaired) electrons. The number of para-hydroxylation sites is 1. The molecule has 0 spiro atoms. The molecule has 0 aliphatic rings. The number of amides is 1. The number of aromatic nitrogens is 2. The highest BCUT2D eigenvalue weighted by Gasteiger charge is 2.17. The van der Waals surface area contributed by atoms with Crippen LogP contribution in [-0.2, 0) is 11.2 Å². The molecule has 0 aliphatic heterocycles. The first-order valence-electron chi connectivity index (χ1n) is 10.7. The van der Waals surface area contributed by atoms with Gasteiger partial charge in [-0.25, -0.2) is 0 Å². The first-order chi connectivity index (χ1) is 15.7. The van der Waals surface area contributed by atoms with E-state index in [2.05, 4.69) is 22.5 Å². The molecule has 0 saturated carbocycles. The van der Waals surface area contributed by atoms with Gasteiger partial charge < -0.3 is 10.1 Å². The topological polar surface area (TPSA) is 73.2 Å². The molecule has 0 atom stereocenters.